The molecule has 6 nitrogen and oxygen atoms in total. The summed E-state index contributed by atoms with van der Waals surface area (Å²) in [6.45, 7) is 10.1. The molecular weight excluding hydrogens is 256 g/mol. The van der Waals surface area contributed by atoms with E-state index in [1.807, 2.05) is 18.5 Å². The van der Waals surface area contributed by atoms with E-state index in [-0.39, 0.29) is 5.91 Å². The molecule has 0 aromatic carbocycles. The summed E-state index contributed by atoms with van der Waals surface area (Å²) in [6.07, 6.45) is 2.61. The molecule has 20 heavy (non-hydrogen) atoms. The first-order chi connectivity index (χ1) is 9.72. The number of hydrogen-bond donors (Lipinski definition) is 1. The Morgan fingerprint density at radius 1 is 1.45 bits per heavy atom. The second-order valence-electron chi connectivity index (χ2n) is 5.02. The van der Waals surface area contributed by atoms with Gasteiger partial charge in [0, 0.05) is 31.9 Å². The van der Waals surface area contributed by atoms with Crippen molar-refractivity contribution >= 4 is 5.91 Å². The minimum Gasteiger partial charge on any atom is -0.379 e. The zero-order valence-corrected chi connectivity index (χ0v) is 12.4. The van der Waals surface area contributed by atoms with Gasteiger partial charge in [-0.1, -0.05) is 0 Å². The lowest BCUT2D eigenvalue weighted by Gasteiger charge is -2.26. The van der Waals surface area contributed by atoms with Crippen LogP contribution in [0.5, 0.6) is 0 Å². The number of nitrogens with one attached hydrogen (secondary N) is 1. The second-order valence-corrected chi connectivity index (χ2v) is 5.02. The van der Waals surface area contributed by atoms with Gasteiger partial charge in [0.1, 0.15) is 0 Å². The number of morpholine rings is 1. The van der Waals surface area contributed by atoms with E-state index in [0.29, 0.717) is 12.1 Å². The lowest BCUT2D eigenvalue weighted by Crippen LogP contribution is -2.38. The predicted octanol–water partition coefficient (Wildman–Crippen LogP) is 0.664. The predicted molar refractivity (Wildman–Crippen MR) is 76.8 cm³/mol. The quantitative estimate of drug-likeness (QED) is 0.778. The van der Waals surface area contributed by atoms with E-state index in [2.05, 4.69) is 15.3 Å². The maximum Gasteiger partial charge on any atom is 0.254 e. The molecule has 1 aromatic heterocycles. The van der Waals surface area contributed by atoms with Crippen molar-refractivity contribution in [3.05, 3.63) is 17.5 Å². The summed E-state index contributed by atoms with van der Waals surface area (Å²) in [6, 6.07) is 0. The number of aromatic nitrogens is 2. The van der Waals surface area contributed by atoms with E-state index in [0.717, 1.165) is 51.5 Å². The summed E-state index contributed by atoms with van der Waals surface area (Å²) < 4.78 is 7.14. The van der Waals surface area contributed by atoms with Crippen LogP contribution in [0.25, 0.3) is 0 Å². The molecule has 1 aliphatic heterocycles. The first-order valence-corrected chi connectivity index (χ1v) is 7.33. The highest BCUT2D eigenvalue weighted by Gasteiger charge is 2.13. The van der Waals surface area contributed by atoms with E-state index in [9.17, 15) is 4.79 Å². The lowest BCUT2D eigenvalue weighted by atomic mass is 10.2. The van der Waals surface area contributed by atoms with Crippen LogP contribution in [0, 0.1) is 6.92 Å². The van der Waals surface area contributed by atoms with Gasteiger partial charge in [-0.2, -0.15) is 5.10 Å². The highest BCUT2D eigenvalue weighted by Crippen LogP contribution is 2.06. The van der Waals surface area contributed by atoms with Gasteiger partial charge in [-0.15, -0.1) is 0 Å². The van der Waals surface area contributed by atoms with Gasteiger partial charge in [0.2, 0.25) is 0 Å². The lowest BCUT2D eigenvalue weighted by molar-refractivity contribution is 0.0374. The van der Waals surface area contributed by atoms with Crippen molar-refractivity contribution in [3.63, 3.8) is 0 Å². The van der Waals surface area contributed by atoms with Crippen molar-refractivity contribution in [1.29, 1.82) is 0 Å². The number of carbonyl (C=O) groups excluding carboxylic acids is 1. The number of nitrogens with zero attached hydrogens (tertiary/aromatic N) is 3. The molecule has 0 bridgehead atoms. The second kappa shape index (κ2) is 7.40. The standard InChI is InChI=1S/C14H24N4O2/c1-3-18-12(2)13(11-16-18)14(19)15-5-4-6-17-7-9-20-10-8-17/h11H,3-10H2,1-2H3,(H,15,19). The van der Waals surface area contributed by atoms with Crippen molar-refractivity contribution in [2.45, 2.75) is 26.8 Å². The third kappa shape index (κ3) is 3.80. The minimum absolute atomic E-state index is 0.0239. The van der Waals surface area contributed by atoms with Crippen LogP contribution in [0.15, 0.2) is 6.20 Å². The summed E-state index contributed by atoms with van der Waals surface area (Å²) in [7, 11) is 0. The van der Waals surface area contributed by atoms with Gasteiger partial charge in [0.05, 0.1) is 25.0 Å². The highest BCUT2D eigenvalue weighted by molar-refractivity contribution is 5.94. The SMILES string of the molecule is CCn1ncc(C(=O)NCCCN2CCOCC2)c1C. The number of amides is 1. The number of aryl methyl sites for hydroxylation is 1. The van der Waals surface area contributed by atoms with Crippen LogP contribution in [0.2, 0.25) is 0 Å². The average molecular weight is 280 g/mol. The van der Waals surface area contributed by atoms with Crippen LogP contribution in [0.3, 0.4) is 0 Å². The van der Waals surface area contributed by atoms with Gasteiger partial charge in [0.15, 0.2) is 0 Å². The van der Waals surface area contributed by atoms with E-state index < -0.39 is 0 Å². The van der Waals surface area contributed by atoms with E-state index in [4.69, 9.17) is 4.74 Å². The Bertz CT molecular complexity index is 438. The van der Waals surface area contributed by atoms with Crippen LogP contribution in [0.4, 0.5) is 0 Å². The summed E-state index contributed by atoms with van der Waals surface area (Å²) in [5, 5.41) is 7.16. The van der Waals surface area contributed by atoms with Gasteiger partial charge < -0.3 is 10.1 Å². The Hall–Kier alpha value is -1.40. The molecule has 1 aromatic rings. The molecule has 0 radical (unpaired) electrons. The third-order valence-corrected chi connectivity index (χ3v) is 3.69. The van der Waals surface area contributed by atoms with Crippen molar-refractivity contribution in [3.8, 4) is 0 Å². The molecule has 112 valence electrons. The molecule has 0 saturated carbocycles. The molecule has 1 amide bonds. The fourth-order valence-electron chi connectivity index (χ4n) is 2.41. The largest absolute Gasteiger partial charge is 0.379 e. The van der Waals surface area contributed by atoms with Crippen molar-refractivity contribution < 1.29 is 9.53 Å². The topological polar surface area (TPSA) is 59.4 Å². The van der Waals surface area contributed by atoms with E-state index >= 15 is 0 Å². The van der Waals surface area contributed by atoms with Crippen LogP contribution >= 0.6 is 0 Å². The molecule has 0 unspecified atom stereocenters. The average Bonchev–Trinajstić information content (AvgIpc) is 2.85. The summed E-state index contributed by atoms with van der Waals surface area (Å²) in [4.78, 5) is 14.4. The molecule has 0 aliphatic carbocycles. The third-order valence-electron chi connectivity index (χ3n) is 3.69. The maximum absolute atomic E-state index is 12.0. The van der Waals surface area contributed by atoms with Crippen LogP contribution in [0.1, 0.15) is 29.4 Å². The van der Waals surface area contributed by atoms with E-state index in [1.54, 1.807) is 6.20 Å². The van der Waals surface area contributed by atoms with Gasteiger partial charge in [-0.25, -0.2) is 0 Å². The summed E-state index contributed by atoms with van der Waals surface area (Å²) in [5.74, 6) is -0.0239. The molecule has 2 heterocycles. The van der Waals surface area contributed by atoms with Crippen molar-refractivity contribution in [1.82, 2.24) is 20.0 Å². The number of ether oxygens (including phenoxy) is 1. The molecule has 6 heteroatoms. The first-order valence-electron chi connectivity index (χ1n) is 7.33. The molecule has 1 fully saturated rings. The number of rotatable bonds is 6. The molecule has 2 rings (SSSR count). The zero-order chi connectivity index (χ0) is 14.4. The van der Waals surface area contributed by atoms with Crippen LogP contribution < -0.4 is 5.32 Å². The zero-order valence-electron chi connectivity index (χ0n) is 12.4. The number of carbonyl (C=O) groups is 1. The normalized spacial score (nSPS) is 16.3. The summed E-state index contributed by atoms with van der Waals surface area (Å²) >= 11 is 0. The van der Waals surface area contributed by atoms with Crippen molar-refractivity contribution in [2.75, 3.05) is 39.4 Å². The molecule has 1 saturated heterocycles. The van der Waals surface area contributed by atoms with Gasteiger partial charge in [-0.05, 0) is 26.8 Å². The Kier molecular flexibility index (Phi) is 5.55. The maximum atomic E-state index is 12.0. The van der Waals surface area contributed by atoms with Gasteiger partial charge in [-0.3, -0.25) is 14.4 Å². The first kappa shape index (κ1) is 15.0. The fraction of sp³-hybridized carbons (Fsp3) is 0.714. The fourth-order valence-corrected chi connectivity index (χ4v) is 2.41. The Balaban J connectivity index is 1.70. The molecular formula is C14H24N4O2. The Labute approximate surface area is 120 Å². The van der Waals surface area contributed by atoms with Crippen LogP contribution in [-0.2, 0) is 11.3 Å². The highest BCUT2D eigenvalue weighted by atomic mass is 16.5. The molecule has 0 spiro atoms. The smallest absolute Gasteiger partial charge is 0.254 e. The van der Waals surface area contributed by atoms with E-state index in [1.165, 1.54) is 0 Å². The Morgan fingerprint density at radius 2 is 2.20 bits per heavy atom. The summed E-state index contributed by atoms with van der Waals surface area (Å²) in [5.41, 5.74) is 1.61. The van der Waals surface area contributed by atoms with Gasteiger partial charge in [0.25, 0.3) is 5.91 Å². The molecule has 1 N–H and O–H groups in total. The van der Waals surface area contributed by atoms with Crippen LogP contribution in [-0.4, -0.2) is 60.0 Å². The Morgan fingerprint density at radius 3 is 2.85 bits per heavy atom. The van der Waals surface area contributed by atoms with Gasteiger partial charge >= 0.3 is 0 Å². The monoisotopic (exact) mass is 280 g/mol. The molecule has 0 atom stereocenters. The minimum atomic E-state index is -0.0239. The molecule has 1 aliphatic rings. The van der Waals surface area contributed by atoms with Crippen molar-refractivity contribution in [2.24, 2.45) is 0 Å². The number of hydrogen-bond acceptors (Lipinski definition) is 4.